The predicted molar refractivity (Wildman–Crippen MR) is 89.7 cm³/mol. The van der Waals surface area contributed by atoms with Gasteiger partial charge >= 0.3 is 0 Å². The fourth-order valence-corrected chi connectivity index (χ4v) is 2.05. The van der Waals surface area contributed by atoms with Crippen molar-refractivity contribution in [1.82, 2.24) is 0 Å². The van der Waals surface area contributed by atoms with Crippen molar-refractivity contribution in [2.45, 2.75) is 13.2 Å². The maximum Gasteiger partial charge on any atom is 0.0688 e. The lowest BCUT2D eigenvalue weighted by molar-refractivity contribution is 0.281. The Bertz CT molecular complexity index is 594. The van der Waals surface area contributed by atoms with E-state index in [0.717, 1.165) is 22.3 Å². The van der Waals surface area contributed by atoms with Crippen LogP contribution in [0, 0.1) is 0 Å². The molecule has 0 saturated heterocycles. The van der Waals surface area contributed by atoms with Crippen molar-refractivity contribution in [2.75, 3.05) is 13.1 Å². The standard InChI is InChI=1S/C18H20N2O2/c21-13-17-7-3-1-5-15(17)11-19-9-10-20-12-16-6-2-4-8-18(16)14-22/h1-8,11-12,21-22H,9-10,13-14H2. The molecule has 0 fully saturated rings. The summed E-state index contributed by atoms with van der Waals surface area (Å²) in [4.78, 5) is 8.65. The summed E-state index contributed by atoms with van der Waals surface area (Å²) in [6, 6.07) is 15.2. The zero-order valence-electron chi connectivity index (χ0n) is 12.4. The summed E-state index contributed by atoms with van der Waals surface area (Å²) < 4.78 is 0. The molecule has 4 nitrogen and oxygen atoms in total. The predicted octanol–water partition coefficient (Wildman–Crippen LogP) is 2.21. The molecule has 0 amide bonds. The van der Waals surface area contributed by atoms with Gasteiger partial charge in [0.15, 0.2) is 0 Å². The van der Waals surface area contributed by atoms with Crippen molar-refractivity contribution in [3.8, 4) is 0 Å². The highest BCUT2D eigenvalue weighted by atomic mass is 16.3. The minimum absolute atomic E-state index is 0.0122. The van der Waals surface area contributed by atoms with E-state index in [-0.39, 0.29) is 13.2 Å². The second-order valence-corrected chi connectivity index (χ2v) is 4.78. The van der Waals surface area contributed by atoms with Gasteiger partial charge in [0.2, 0.25) is 0 Å². The number of rotatable bonds is 7. The van der Waals surface area contributed by atoms with Crippen molar-refractivity contribution < 1.29 is 10.2 Å². The fraction of sp³-hybridized carbons (Fsp3) is 0.222. The molecule has 2 aromatic carbocycles. The molecule has 4 heteroatoms. The molecular weight excluding hydrogens is 276 g/mol. The molecule has 0 bridgehead atoms. The van der Waals surface area contributed by atoms with Gasteiger partial charge in [-0.3, -0.25) is 9.98 Å². The highest BCUT2D eigenvalue weighted by molar-refractivity contribution is 5.82. The number of benzene rings is 2. The molecule has 0 spiro atoms. The Morgan fingerprint density at radius 1 is 0.682 bits per heavy atom. The third-order valence-electron chi connectivity index (χ3n) is 3.27. The summed E-state index contributed by atoms with van der Waals surface area (Å²) in [6.45, 7) is 1.19. The normalized spacial score (nSPS) is 11.5. The number of nitrogens with zero attached hydrogens (tertiary/aromatic N) is 2. The van der Waals surface area contributed by atoms with Crippen molar-refractivity contribution in [3.63, 3.8) is 0 Å². The second-order valence-electron chi connectivity index (χ2n) is 4.78. The van der Waals surface area contributed by atoms with E-state index < -0.39 is 0 Å². The molecule has 0 aliphatic carbocycles. The monoisotopic (exact) mass is 296 g/mol. The number of aliphatic hydroxyl groups is 2. The van der Waals surface area contributed by atoms with Crippen LogP contribution in [0.25, 0.3) is 0 Å². The van der Waals surface area contributed by atoms with Crippen LogP contribution in [0.2, 0.25) is 0 Å². The first-order valence-electron chi connectivity index (χ1n) is 7.22. The van der Waals surface area contributed by atoms with Crippen molar-refractivity contribution in [3.05, 3.63) is 70.8 Å². The lowest BCUT2D eigenvalue weighted by Gasteiger charge is -2.01. The lowest BCUT2D eigenvalue weighted by atomic mass is 10.1. The first-order chi connectivity index (χ1) is 10.8. The second kappa shape index (κ2) is 8.87. The fourth-order valence-electron chi connectivity index (χ4n) is 2.05. The molecule has 0 aromatic heterocycles. The Morgan fingerprint density at radius 3 is 1.50 bits per heavy atom. The Balaban J connectivity index is 1.86. The first-order valence-corrected chi connectivity index (χ1v) is 7.22. The largest absolute Gasteiger partial charge is 0.392 e. The topological polar surface area (TPSA) is 65.2 Å². The average molecular weight is 296 g/mol. The maximum atomic E-state index is 9.23. The molecule has 0 unspecified atom stereocenters. The van der Waals surface area contributed by atoms with Gasteiger partial charge in [-0.25, -0.2) is 0 Å². The zero-order chi connectivity index (χ0) is 15.6. The van der Waals surface area contributed by atoms with Crippen molar-refractivity contribution in [1.29, 1.82) is 0 Å². The highest BCUT2D eigenvalue weighted by Gasteiger charge is 1.97. The Labute approximate surface area is 130 Å². The van der Waals surface area contributed by atoms with Gasteiger partial charge in [-0.05, 0) is 22.3 Å². The minimum atomic E-state index is 0.0122. The number of hydrogen-bond acceptors (Lipinski definition) is 4. The van der Waals surface area contributed by atoms with Crippen molar-refractivity contribution >= 4 is 12.4 Å². The van der Waals surface area contributed by atoms with Gasteiger partial charge in [0.1, 0.15) is 0 Å². The van der Waals surface area contributed by atoms with E-state index in [0.29, 0.717) is 13.1 Å². The van der Waals surface area contributed by atoms with Crippen LogP contribution in [-0.2, 0) is 13.2 Å². The number of aliphatic imine (C=N–C) groups is 2. The van der Waals surface area contributed by atoms with Gasteiger partial charge in [0.25, 0.3) is 0 Å². The highest BCUT2D eigenvalue weighted by Crippen LogP contribution is 2.06. The molecule has 0 saturated carbocycles. The molecule has 2 rings (SSSR count). The van der Waals surface area contributed by atoms with Crippen LogP contribution in [0.15, 0.2) is 58.5 Å². The molecule has 2 N–H and O–H groups in total. The van der Waals surface area contributed by atoms with Gasteiger partial charge in [-0.1, -0.05) is 48.5 Å². The molecule has 2 aromatic rings. The van der Waals surface area contributed by atoms with E-state index in [1.807, 2.05) is 48.5 Å². The van der Waals surface area contributed by atoms with Crippen LogP contribution in [-0.4, -0.2) is 35.7 Å². The van der Waals surface area contributed by atoms with Crippen molar-refractivity contribution in [2.24, 2.45) is 9.98 Å². The first kappa shape index (κ1) is 16.1. The molecular formula is C18H20N2O2. The number of aliphatic hydroxyl groups excluding tert-OH is 2. The lowest BCUT2D eigenvalue weighted by Crippen LogP contribution is -1.95. The molecule has 22 heavy (non-hydrogen) atoms. The van der Waals surface area contributed by atoms with E-state index in [4.69, 9.17) is 0 Å². The van der Waals surface area contributed by atoms with E-state index in [2.05, 4.69) is 9.98 Å². The third kappa shape index (κ3) is 4.62. The van der Waals surface area contributed by atoms with Gasteiger partial charge in [0, 0.05) is 12.4 Å². The van der Waals surface area contributed by atoms with Gasteiger partial charge in [-0.15, -0.1) is 0 Å². The van der Waals surface area contributed by atoms with E-state index in [1.165, 1.54) is 0 Å². The summed E-state index contributed by atoms with van der Waals surface area (Å²) in [5.41, 5.74) is 3.59. The summed E-state index contributed by atoms with van der Waals surface area (Å²) in [7, 11) is 0. The average Bonchev–Trinajstić information content (AvgIpc) is 2.58. The Hall–Kier alpha value is -2.30. The van der Waals surface area contributed by atoms with Crippen LogP contribution in [0.5, 0.6) is 0 Å². The van der Waals surface area contributed by atoms with Crippen LogP contribution >= 0.6 is 0 Å². The summed E-state index contributed by atoms with van der Waals surface area (Å²) in [6.07, 6.45) is 3.53. The van der Waals surface area contributed by atoms with Gasteiger partial charge in [-0.2, -0.15) is 0 Å². The van der Waals surface area contributed by atoms with Crippen LogP contribution in [0.1, 0.15) is 22.3 Å². The van der Waals surface area contributed by atoms with Crippen LogP contribution < -0.4 is 0 Å². The molecule has 0 heterocycles. The molecule has 0 aliphatic rings. The van der Waals surface area contributed by atoms with Crippen LogP contribution in [0.3, 0.4) is 0 Å². The summed E-state index contributed by atoms with van der Waals surface area (Å²) in [5, 5.41) is 18.5. The van der Waals surface area contributed by atoms with E-state index in [9.17, 15) is 10.2 Å². The summed E-state index contributed by atoms with van der Waals surface area (Å²) >= 11 is 0. The Kier molecular flexibility index (Phi) is 6.48. The van der Waals surface area contributed by atoms with Gasteiger partial charge < -0.3 is 10.2 Å². The SMILES string of the molecule is OCc1ccccc1C=NCCN=Cc1ccccc1CO. The van der Waals surface area contributed by atoms with E-state index in [1.54, 1.807) is 12.4 Å². The zero-order valence-corrected chi connectivity index (χ0v) is 12.4. The molecule has 0 radical (unpaired) electrons. The number of hydrogen-bond donors (Lipinski definition) is 2. The summed E-state index contributed by atoms with van der Waals surface area (Å²) in [5.74, 6) is 0. The maximum absolute atomic E-state index is 9.23. The molecule has 0 aliphatic heterocycles. The smallest absolute Gasteiger partial charge is 0.0688 e. The molecule has 0 atom stereocenters. The molecule has 114 valence electrons. The minimum Gasteiger partial charge on any atom is -0.392 e. The van der Waals surface area contributed by atoms with Gasteiger partial charge in [0.05, 0.1) is 26.3 Å². The van der Waals surface area contributed by atoms with E-state index >= 15 is 0 Å². The quantitative estimate of drug-likeness (QED) is 0.608. The Morgan fingerprint density at radius 2 is 1.09 bits per heavy atom. The van der Waals surface area contributed by atoms with Crippen LogP contribution in [0.4, 0.5) is 0 Å². The third-order valence-corrected chi connectivity index (χ3v) is 3.27.